The molecule has 0 radical (unpaired) electrons. The highest BCUT2D eigenvalue weighted by Crippen LogP contribution is 2.40. The number of furan rings is 1. The molecule has 12 heteroatoms. The molecule has 1 saturated heterocycles. The summed E-state index contributed by atoms with van der Waals surface area (Å²) in [7, 11) is 0. The van der Waals surface area contributed by atoms with E-state index < -0.39 is 35.0 Å². The van der Waals surface area contributed by atoms with Gasteiger partial charge in [0.2, 0.25) is 0 Å². The van der Waals surface area contributed by atoms with E-state index in [1.54, 1.807) is 24.3 Å². The van der Waals surface area contributed by atoms with Crippen LogP contribution in [0, 0.1) is 0 Å². The van der Waals surface area contributed by atoms with Crippen LogP contribution in [0.5, 0.6) is 0 Å². The Hall–Kier alpha value is -2.76. The summed E-state index contributed by atoms with van der Waals surface area (Å²) >= 11 is 12.1. The number of carbonyl (C=O) groups excluding carboxylic acids is 1. The Balaban J connectivity index is 1.66. The largest absolute Gasteiger partial charge is 0.457 e. The summed E-state index contributed by atoms with van der Waals surface area (Å²) in [6, 6.07) is 10.1. The zero-order chi connectivity index (χ0) is 24.8. The van der Waals surface area contributed by atoms with Gasteiger partial charge in [-0.1, -0.05) is 35.6 Å². The summed E-state index contributed by atoms with van der Waals surface area (Å²) in [5.74, 6) is -0.637. The van der Waals surface area contributed by atoms with Crippen LogP contribution < -0.4 is 4.90 Å². The van der Waals surface area contributed by atoms with Gasteiger partial charge in [0.25, 0.3) is 5.91 Å². The number of carbonyl (C=O) groups is 1. The highest BCUT2D eigenvalue weighted by molar-refractivity contribution is 8.27. The first kappa shape index (κ1) is 24.4. The second-order valence-electron chi connectivity index (χ2n) is 6.99. The molecular formula is C22H10ClF6NO2S2. The van der Waals surface area contributed by atoms with Crippen molar-refractivity contribution >= 4 is 57.6 Å². The third kappa shape index (κ3) is 5.01. The third-order valence-corrected chi connectivity index (χ3v) is 6.20. The second-order valence-corrected chi connectivity index (χ2v) is 9.10. The molecule has 1 aliphatic rings. The van der Waals surface area contributed by atoms with Crippen molar-refractivity contribution in [1.29, 1.82) is 0 Å². The first-order valence-electron chi connectivity index (χ1n) is 9.26. The standard InChI is InChI=1S/C22H10ClF6NO2S2/c23-14-1-3-15(4-2-14)30-19(31)18(34-20(30)33)10-16-5-6-17(32-16)11-7-12(21(24,25)26)9-13(8-11)22(27,28)29/h1-10H/b18-10+. The Morgan fingerprint density at radius 3 is 2.06 bits per heavy atom. The van der Waals surface area contributed by atoms with Gasteiger partial charge in [-0.05, 0) is 54.6 Å². The van der Waals surface area contributed by atoms with Gasteiger partial charge in [-0.2, -0.15) is 26.3 Å². The molecule has 2 heterocycles. The Morgan fingerprint density at radius 1 is 0.912 bits per heavy atom. The van der Waals surface area contributed by atoms with E-state index in [0.29, 0.717) is 22.8 Å². The zero-order valence-corrected chi connectivity index (χ0v) is 18.9. The van der Waals surface area contributed by atoms with Gasteiger partial charge in [0.05, 0.1) is 21.7 Å². The minimum absolute atomic E-state index is 0.0372. The number of hydrogen-bond acceptors (Lipinski definition) is 4. The normalized spacial score (nSPS) is 16.1. The predicted molar refractivity (Wildman–Crippen MR) is 121 cm³/mol. The van der Waals surface area contributed by atoms with Crippen LogP contribution >= 0.6 is 35.6 Å². The summed E-state index contributed by atoms with van der Waals surface area (Å²) in [5.41, 5.74) is -2.84. The molecule has 176 valence electrons. The van der Waals surface area contributed by atoms with Crippen LogP contribution in [-0.2, 0) is 17.1 Å². The minimum atomic E-state index is -4.98. The highest BCUT2D eigenvalue weighted by atomic mass is 35.5. The molecule has 0 atom stereocenters. The molecule has 0 bridgehead atoms. The fraction of sp³-hybridized carbons (Fsp3) is 0.0909. The maximum atomic E-state index is 13.1. The molecule has 3 aromatic rings. The lowest BCUT2D eigenvalue weighted by Crippen LogP contribution is -2.27. The van der Waals surface area contributed by atoms with Gasteiger partial charge in [0, 0.05) is 16.7 Å². The molecule has 0 aliphatic carbocycles. The molecule has 34 heavy (non-hydrogen) atoms. The summed E-state index contributed by atoms with van der Waals surface area (Å²) in [5, 5.41) is 0.469. The van der Waals surface area contributed by atoms with E-state index in [4.69, 9.17) is 28.2 Å². The number of halogens is 7. The van der Waals surface area contributed by atoms with E-state index in [-0.39, 0.29) is 26.8 Å². The lowest BCUT2D eigenvalue weighted by molar-refractivity contribution is -0.143. The van der Waals surface area contributed by atoms with Crippen molar-refractivity contribution in [2.24, 2.45) is 0 Å². The summed E-state index contributed by atoms with van der Waals surface area (Å²) in [4.78, 5) is 14.3. The fourth-order valence-corrected chi connectivity index (χ4v) is 4.50. The van der Waals surface area contributed by atoms with E-state index in [0.717, 1.165) is 11.8 Å². The van der Waals surface area contributed by atoms with Crippen LogP contribution in [0.25, 0.3) is 17.4 Å². The van der Waals surface area contributed by atoms with Crippen molar-refractivity contribution in [3.8, 4) is 11.3 Å². The van der Waals surface area contributed by atoms with Gasteiger partial charge >= 0.3 is 12.4 Å². The monoisotopic (exact) mass is 533 g/mol. The van der Waals surface area contributed by atoms with Gasteiger partial charge in [-0.15, -0.1) is 0 Å². The quantitative estimate of drug-likeness (QED) is 0.194. The average molecular weight is 534 g/mol. The van der Waals surface area contributed by atoms with Crippen molar-refractivity contribution in [3.05, 3.63) is 81.4 Å². The van der Waals surface area contributed by atoms with Crippen LogP contribution in [0.15, 0.2) is 63.9 Å². The van der Waals surface area contributed by atoms with E-state index >= 15 is 0 Å². The van der Waals surface area contributed by atoms with Gasteiger partial charge in [0.1, 0.15) is 11.5 Å². The van der Waals surface area contributed by atoms with Crippen LogP contribution in [-0.4, -0.2) is 10.2 Å². The first-order valence-corrected chi connectivity index (χ1v) is 10.9. The Morgan fingerprint density at radius 2 is 1.50 bits per heavy atom. The smallest absolute Gasteiger partial charge is 0.416 e. The lowest BCUT2D eigenvalue weighted by Gasteiger charge is -2.14. The number of nitrogens with zero attached hydrogens (tertiary/aromatic N) is 1. The van der Waals surface area contributed by atoms with E-state index in [1.807, 2.05) is 0 Å². The summed E-state index contributed by atoms with van der Waals surface area (Å²) in [6.07, 6.45) is -8.65. The number of thioether (sulfide) groups is 1. The first-order chi connectivity index (χ1) is 15.8. The van der Waals surface area contributed by atoms with Crippen LogP contribution in [0.3, 0.4) is 0 Å². The van der Waals surface area contributed by atoms with E-state index in [1.165, 1.54) is 23.1 Å². The minimum Gasteiger partial charge on any atom is -0.457 e. The van der Waals surface area contributed by atoms with Crippen molar-refractivity contribution in [3.63, 3.8) is 0 Å². The molecule has 2 aromatic carbocycles. The van der Waals surface area contributed by atoms with Gasteiger partial charge < -0.3 is 4.42 Å². The summed E-state index contributed by atoms with van der Waals surface area (Å²) < 4.78 is 84.5. The number of rotatable bonds is 3. The van der Waals surface area contributed by atoms with Gasteiger partial charge in [-0.25, -0.2) is 0 Å². The number of alkyl halides is 6. The van der Waals surface area contributed by atoms with Gasteiger partial charge in [-0.3, -0.25) is 9.69 Å². The SMILES string of the molecule is O=C1/C(=C\c2ccc(-c3cc(C(F)(F)F)cc(C(F)(F)F)c3)o2)SC(=S)N1c1ccc(Cl)cc1. The number of anilines is 1. The number of amides is 1. The molecule has 4 rings (SSSR count). The fourth-order valence-electron chi connectivity index (χ4n) is 3.09. The topological polar surface area (TPSA) is 33.5 Å². The van der Waals surface area contributed by atoms with Crippen molar-refractivity contribution in [1.82, 2.24) is 0 Å². The molecule has 0 N–H and O–H groups in total. The van der Waals surface area contributed by atoms with Gasteiger partial charge in [0.15, 0.2) is 4.32 Å². The second kappa shape index (κ2) is 8.79. The molecule has 1 amide bonds. The Kier molecular flexibility index (Phi) is 6.30. The molecule has 0 saturated carbocycles. The molecule has 1 aliphatic heterocycles. The zero-order valence-electron chi connectivity index (χ0n) is 16.5. The number of thiocarbonyl (C=S) groups is 1. The molecule has 0 spiro atoms. The highest BCUT2D eigenvalue weighted by Gasteiger charge is 2.37. The molecule has 1 aromatic heterocycles. The van der Waals surface area contributed by atoms with E-state index in [2.05, 4.69) is 0 Å². The molecule has 0 unspecified atom stereocenters. The van der Waals surface area contributed by atoms with E-state index in [9.17, 15) is 31.1 Å². The maximum absolute atomic E-state index is 13.1. The molecular weight excluding hydrogens is 524 g/mol. The number of benzene rings is 2. The predicted octanol–water partition coefficient (Wildman–Crippen LogP) is 8.04. The van der Waals surface area contributed by atoms with Crippen LogP contribution in [0.2, 0.25) is 5.02 Å². The van der Waals surface area contributed by atoms with Crippen LogP contribution in [0.1, 0.15) is 16.9 Å². The summed E-state index contributed by atoms with van der Waals surface area (Å²) in [6.45, 7) is 0. The van der Waals surface area contributed by atoms with Crippen LogP contribution in [0.4, 0.5) is 32.0 Å². The molecule has 3 nitrogen and oxygen atoms in total. The number of hydrogen-bond donors (Lipinski definition) is 0. The Bertz CT molecular complexity index is 1280. The lowest BCUT2D eigenvalue weighted by atomic mass is 10.0. The van der Waals surface area contributed by atoms with Crippen molar-refractivity contribution < 1.29 is 35.6 Å². The van der Waals surface area contributed by atoms with Crippen molar-refractivity contribution in [2.75, 3.05) is 4.90 Å². The molecule has 1 fully saturated rings. The average Bonchev–Trinajstić information content (AvgIpc) is 3.32. The van der Waals surface area contributed by atoms with Crippen molar-refractivity contribution in [2.45, 2.75) is 12.4 Å². The third-order valence-electron chi connectivity index (χ3n) is 4.65. The Labute approximate surface area is 203 Å². The maximum Gasteiger partial charge on any atom is 0.416 e.